The van der Waals surface area contributed by atoms with Gasteiger partial charge in [0, 0.05) is 17.8 Å². The summed E-state index contributed by atoms with van der Waals surface area (Å²) in [6.07, 6.45) is 6.17. The van der Waals surface area contributed by atoms with E-state index in [4.69, 9.17) is 14.2 Å². The molecule has 0 atom stereocenters. The van der Waals surface area contributed by atoms with E-state index in [1.165, 1.54) is 36.3 Å². The van der Waals surface area contributed by atoms with Gasteiger partial charge in [-0.15, -0.1) is 0 Å². The van der Waals surface area contributed by atoms with E-state index in [1.807, 2.05) is 30.3 Å². The minimum Gasteiger partial charge on any atom is -0.494 e. The number of carboxylic acid groups (broad SMARTS) is 1. The van der Waals surface area contributed by atoms with E-state index in [-0.39, 0.29) is 24.6 Å². The Morgan fingerprint density at radius 1 is 0.720 bits per heavy atom. The predicted molar refractivity (Wildman–Crippen MR) is 191 cm³/mol. The number of nitrogens with one attached hydrogen (secondary N) is 1. The molecule has 0 spiro atoms. The number of nitrogens with zero attached hydrogens (tertiary/aromatic N) is 1. The van der Waals surface area contributed by atoms with Crippen LogP contribution in [0, 0.1) is 0 Å². The van der Waals surface area contributed by atoms with Crippen LogP contribution in [-0.2, 0) is 27.4 Å². The molecule has 2 amide bonds. The summed E-state index contributed by atoms with van der Waals surface area (Å²) in [6, 6.07) is 29.5. The molecule has 0 saturated carbocycles. The molecule has 0 unspecified atom stereocenters. The van der Waals surface area contributed by atoms with Crippen molar-refractivity contribution in [1.82, 2.24) is 4.90 Å². The van der Waals surface area contributed by atoms with E-state index in [0.29, 0.717) is 42.4 Å². The maximum atomic E-state index is 13.2. The van der Waals surface area contributed by atoms with Crippen molar-refractivity contribution in [2.45, 2.75) is 52.1 Å². The topological polar surface area (TPSA) is 131 Å². The molecule has 262 valence electrons. The highest BCUT2D eigenvalue weighted by molar-refractivity contribution is 5.97. The van der Waals surface area contributed by atoms with E-state index < -0.39 is 24.4 Å². The van der Waals surface area contributed by atoms with Crippen molar-refractivity contribution < 1.29 is 38.5 Å². The average Bonchev–Trinajstić information content (AvgIpc) is 3.12. The predicted octanol–water partition coefficient (Wildman–Crippen LogP) is 7.18. The Labute approximate surface area is 293 Å². The van der Waals surface area contributed by atoms with Gasteiger partial charge in [0.2, 0.25) is 5.91 Å². The van der Waals surface area contributed by atoms with Crippen LogP contribution >= 0.6 is 0 Å². The Hall–Kier alpha value is -5.48. The number of benzene rings is 4. The van der Waals surface area contributed by atoms with Crippen molar-refractivity contribution in [2.75, 3.05) is 31.6 Å². The molecule has 2 N–H and O–H groups in total. The number of rotatable bonds is 20. The summed E-state index contributed by atoms with van der Waals surface area (Å²) in [5, 5.41) is 12.2. The lowest BCUT2D eigenvalue weighted by Crippen LogP contribution is -2.37. The van der Waals surface area contributed by atoms with Crippen LogP contribution in [0.4, 0.5) is 5.69 Å². The van der Waals surface area contributed by atoms with Crippen LogP contribution in [0.25, 0.3) is 0 Å². The van der Waals surface area contributed by atoms with Gasteiger partial charge in [0.25, 0.3) is 5.91 Å². The third-order valence-corrected chi connectivity index (χ3v) is 7.78. The molecular formula is C40H44N2O8. The summed E-state index contributed by atoms with van der Waals surface area (Å²) in [7, 11) is 0. The van der Waals surface area contributed by atoms with Crippen LogP contribution in [0.5, 0.6) is 11.5 Å². The Bertz CT molecular complexity index is 1660. The molecule has 0 fully saturated rings. The third kappa shape index (κ3) is 12.9. The van der Waals surface area contributed by atoms with E-state index in [9.17, 15) is 24.3 Å². The standard InChI is InChI=1S/C40H44N2O8/c1-2-3-4-5-9-26-49-35-22-16-33(17-23-35)40(47)50-36-20-12-30(13-21-36)24-25-42(27-38(44)45)39(46)32-14-18-34(19-15-32)41-37(43)29-48-28-31-10-7-6-8-11-31/h6-8,10-23H,2-5,9,24-29H2,1H3,(H,41,43)(H,44,45). The Kier molecular flexibility index (Phi) is 15.0. The van der Waals surface area contributed by atoms with Gasteiger partial charge >= 0.3 is 11.9 Å². The van der Waals surface area contributed by atoms with Gasteiger partial charge in [-0.3, -0.25) is 14.4 Å². The summed E-state index contributed by atoms with van der Waals surface area (Å²) < 4.78 is 16.7. The summed E-state index contributed by atoms with van der Waals surface area (Å²) in [5.41, 5.74) is 2.95. The second-order valence-corrected chi connectivity index (χ2v) is 11.8. The third-order valence-electron chi connectivity index (χ3n) is 7.78. The van der Waals surface area contributed by atoms with Crippen molar-refractivity contribution in [3.05, 3.63) is 125 Å². The summed E-state index contributed by atoms with van der Waals surface area (Å²) in [4.78, 5) is 51.0. The zero-order valence-electron chi connectivity index (χ0n) is 28.3. The van der Waals surface area contributed by atoms with Gasteiger partial charge in [-0.05, 0) is 84.6 Å². The van der Waals surface area contributed by atoms with Crippen LogP contribution in [-0.4, -0.2) is 60.1 Å². The molecule has 0 radical (unpaired) electrons. The smallest absolute Gasteiger partial charge is 0.343 e. The number of amides is 2. The molecule has 0 aliphatic rings. The van der Waals surface area contributed by atoms with Crippen molar-refractivity contribution in [1.29, 1.82) is 0 Å². The van der Waals surface area contributed by atoms with Gasteiger partial charge < -0.3 is 29.5 Å². The molecule has 50 heavy (non-hydrogen) atoms. The number of esters is 1. The fourth-order valence-corrected chi connectivity index (χ4v) is 5.06. The first kappa shape index (κ1) is 37.3. The summed E-state index contributed by atoms with van der Waals surface area (Å²) >= 11 is 0. The lowest BCUT2D eigenvalue weighted by molar-refractivity contribution is -0.137. The van der Waals surface area contributed by atoms with Crippen molar-refractivity contribution in [3.63, 3.8) is 0 Å². The van der Waals surface area contributed by atoms with Crippen molar-refractivity contribution in [3.8, 4) is 11.5 Å². The number of ether oxygens (including phenoxy) is 3. The number of carbonyl (C=O) groups is 4. The maximum absolute atomic E-state index is 13.2. The number of hydrogen-bond donors (Lipinski definition) is 2. The fraction of sp³-hybridized carbons (Fsp3) is 0.300. The van der Waals surface area contributed by atoms with Crippen LogP contribution in [0.1, 0.15) is 70.9 Å². The highest BCUT2D eigenvalue weighted by Crippen LogP contribution is 2.19. The van der Waals surface area contributed by atoms with E-state index in [0.717, 1.165) is 24.0 Å². The number of anilines is 1. The molecular weight excluding hydrogens is 636 g/mol. The number of aliphatic carboxylic acids is 1. The van der Waals surface area contributed by atoms with E-state index in [1.54, 1.807) is 60.7 Å². The highest BCUT2D eigenvalue weighted by Gasteiger charge is 2.19. The fourth-order valence-electron chi connectivity index (χ4n) is 5.06. The molecule has 4 aromatic carbocycles. The normalized spacial score (nSPS) is 10.7. The minimum absolute atomic E-state index is 0.131. The SMILES string of the molecule is CCCCCCCOc1ccc(C(=O)Oc2ccc(CCN(CC(=O)O)C(=O)c3ccc(NC(=O)COCc4ccccc4)cc3)cc2)cc1. The lowest BCUT2D eigenvalue weighted by atomic mass is 10.1. The van der Waals surface area contributed by atoms with Crippen molar-refractivity contribution in [2.24, 2.45) is 0 Å². The van der Waals surface area contributed by atoms with E-state index in [2.05, 4.69) is 12.2 Å². The Morgan fingerprint density at radius 3 is 2.06 bits per heavy atom. The summed E-state index contributed by atoms with van der Waals surface area (Å²) in [6.45, 7) is 2.68. The molecule has 10 heteroatoms. The highest BCUT2D eigenvalue weighted by atomic mass is 16.5. The number of carbonyl (C=O) groups excluding carboxylic acids is 3. The number of hydrogen-bond acceptors (Lipinski definition) is 7. The van der Waals surface area contributed by atoms with Crippen LogP contribution in [0.15, 0.2) is 103 Å². The minimum atomic E-state index is -1.14. The summed E-state index contributed by atoms with van der Waals surface area (Å²) in [5.74, 6) is -1.36. The Morgan fingerprint density at radius 2 is 1.38 bits per heavy atom. The van der Waals surface area contributed by atoms with Crippen LogP contribution in [0.3, 0.4) is 0 Å². The Balaban J connectivity index is 1.23. The molecule has 0 aromatic heterocycles. The van der Waals surface area contributed by atoms with Gasteiger partial charge in [-0.2, -0.15) is 0 Å². The molecule has 10 nitrogen and oxygen atoms in total. The molecule has 0 aliphatic carbocycles. The molecule has 0 bridgehead atoms. The second kappa shape index (κ2) is 20.1. The van der Waals surface area contributed by atoms with Gasteiger partial charge in [0.05, 0.1) is 18.8 Å². The van der Waals surface area contributed by atoms with Crippen LogP contribution in [0.2, 0.25) is 0 Å². The first-order valence-corrected chi connectivity index (χ1v) is 16.9. The monoisotopic (exact) mass is 680 g/mol. The van der Waals surface area contributed by atoms with Crippen LogP contribution < -0.4 is 14.8 Å². The largest absolute Gasteiger partial charge is 0.494 e. The molecule has 0 saturated heterocycles. The van der Waals surface area contributed by atoms with Gasteiger partial charge in [-0.1, -0.05) is 75.1 Å². The van der Waals surface area contributed by atoms with Gasteiger partial charge in [-0.25, -0.2) is 4.79 Å². The molecule has 0 heterocycles. The van der Waals surface area contributed by atoms with Gasteiger partial charge in [0.1, 0.15) is 24.7 Å². The number of unbranched alkanes of at least 4 members (excludes halogenated alkanes) is 4. The average molecular weight is 681 g/mol. The lowest BCUT2D eigenvalue weighted by Gasteiger charge is -2.21. The quantitative estimate of drug-likeness (QED) is 0.0570. The molecule has 0 aliphatic heterocycles. The van der Waals surface area contributed by atoms with Crippen molar-refractivity contribution >= 4 is 29.4 Å². The molecule has 4 rings (SSSR count). The second-order valence-electron chi connectivity index (χ2n) is 11.8. The zero-order valence-corrected chi connectivity index (χ0v) is 28.3. The first-order valence-electron chi connectivity index (χ1n) is 16.9. The number of carboxylic acids is 1. The maximum Gasteiger partial charge on any atom is 0.343 e. The van der Waals surface area contributed by atoms with E-state index >= 15 is 0 Å². The first-order chi connectivity index (χ1) is 24.3. The van der Waals surface area contributed by atoms with Gasteiger partial charge in [0.15, 0.2) is 0 Å². The zero-order chi connectivity index (χ0) is 35.6. The molecule has 4 aromatic rings.